The minimum Gasteiger partial charge on any atom is -0.498 e. The van der Waals surface area contributed by atoms with Gasteiger partial charge in [0, 0.05) is 6.42 Å². The maximum Gasteiger partial charge on any atom is 0.126 e. The minimum absolute atomic E-state index is 0.0625. The Hall–Kier alpha value is -1.31. The van der Waals surface area contributed by atoms with E-state index in [-0.39, 0.29) is 5.82 Å². The highest BCUT2D eigenvalue weighted by Gasteiger charge is 2.31. The summed E-state index contributed by atoms with van der Waals surface area (Å²) < 4.78 is 21.1. The van der Waals surface area contributed by atoms with E-state index in [9.17, 15) is 0 Å². The first-order chi connectivity index (χ1) is 15.7. The highest BCUT2D eigenvalue weighted by molar-refractivity contribution is 5.30. The number of rotatable bonds is 8. The topological polar surface area (TPSA) is 9.23 Å². The quantitative estimate of drug-likeness (QED) is 0.366. The summed E-state index contributed by atoms with van der Waals surface area (Å²) in [6.45, 7) is 5.33. The number of ether oxygens (including phenoxy) is 1. The number of benzene rings is 1. The first kappa shape index (κ1) is 23.8. The first-order valence-corrected chi connectivity index (χ1v) is 13.8. The second-order valence-electron chi connectivity index (χ2n) is 10.9. The van der Waals surface area contributed by atoms with Gasteiger partial charge in [-0.2, -0.15) is 0 Å². The van der Waals surface area contributed by atoms with Crippen LogP contribution < -0.4 is 0 Å². The van der Waals surface area contributed by atoms with Gasteiger partial charge in [-0.05, 0) is 111 Å². The highest BCUT2D eigenvalue weighted by atomic mass is 19.1. The Labute approximate surface area is 196 Å². The lowest BCUT2D eigenvalue weighted by atomic mass is 9.72. The van der Waals surface area contributed by atoms with Gasteiger partial charge in [0.25, 0.3) is 0 Å². The Morgan fingerprint density at radius 3 is 2.25 bits per heavy atom. The number of unbranched alkanes of at least 4 members (excludes halogenated alkanes) is 2. The molecule has 0 N–H and O–H groups in total. The standard InChI is InChI=1S/C30H45FO/c1-3-5-6-7-22-8-10-23(11-9-22)26-17-19-29(30(31)20-26)25-14-12-24(13-15-25)27-16-18-28(4-2)32-21-27/h17-20,22-25,27H,3-16,21H2,1-2H3. The summed E-state index contributed by atoms with van der Waals surface area (Å²) in [4.78, 5) is 0. The molecule has 2 saturated carbocycles. The van der Waals surface area contributed by atoms with Crippen molar-refractivity contribution >= 4 is 0 Å². The summed E-state index contributed by atoms with van der Waals surface area (Å²) in [6.07, 6.45) is 19.8. The second kappa shape index (κ2) is 11.7. The maximum atomic E-state index is 15.2. The van der Waals surface area contributed by atoms with Gasteiger partial charge in [-0.25, -0.2) is 4.39 Å². The predicted octanol–water partition coefficient (Wildman–Crippen LogP) is 9.28. The smallest absolute Gasteiger partial charge is 0.126 e. The number of halogens is 1. The van der Waals surface area contributed by atoms with Crippen LogP contribution in [0.25, 0.3) is 0 Å². The SMILES string of the molecule is CCCCCC1CCC(c2ccc(C3CCC(C4CC=C(CC)OC4)CC3)c(F)c2)CC1. The summed E-state index contributed by atoms with van der Waals surface area (Å²) in [5.41, 5.74) is 2.23. The third-order valence-corrected chi connectivity index (χ3v) is 8.92. The van der Waals surface area contributed by atoms with E-state index >= 15 is 4.39 Å². The van der Waals surface area contributed by atoms with E-state index < -0.39 is 0 Å². The van der Waals surface area contributed by atoms with Crippen molar-refractivity contribution in [3.8, 4) is 0 Å². The molecule has 178 valence electrons. The van der Waals surface area contributed by atoms with Crippen LogP contribution in [0, 0.1) is 23.6 Å². The summed E-state index contributed by atoms with van der Waals surface area (Å²) in [5.74, 6) is 4.53. The molecule has 1 nitrogen and oxygen atoms in total. The molecule has 4 rings (SSSR count). The van der Waals surface area contributed by atoms with Crippen molar-refractivity contribution in [2.45, 2.75) is 116 Å². The van der Waals surface area contributed by atoms with Gasteiger partial charge in [-0.15, -0.1) is 0 Å². The molecule has 32 heavy (non-hydrogen) atoms. The van der Waals surface area contributed by atoms with Crippen molar-refractivity contribution in [1.29, 1.82) is 0 Å². The number of allylic oxidation sites excluding steroid dienone is 2. The Balaban J connectivity index is 1.27. The van der Waals surface area contributed by atoms with Crippen LogP contribution in [0.5, 0.6) is 0 Å². The van der Waals surface area contributed by atoms with Gasteiger partial charge in [0.2, 0.25) is 0 Å². The van der Waals surface area contributed by atoms with Gasteiger partial charge >= 0.3 is 0 Å². The summed E-state index contributed by atoms with van der Waals surface area (Å²) in [5, 5.41) is 0. The van der Waals surface area contributed by atoms with Crippen LogP contribution in [0.3, 0.4) is 0 Å². The third-order valence-electron chi connectivity index (χ3n) is 8.92. The van der Waals surface area contributed by atoms with Gasteiger partial charge in [0.15, 0.2) is 0 Å². The molecule has 1 aromatic carbocycles. The maximum absolute atomic E-state index is 15.2. The van der Waals surface area contributed by atoms with Crippen LogP contribution in [0.4, 0.5) is 4.39 Å². The lowest BCUT2D eigenvalue weighted by molar-refractivity contribution is 0.0904. The molecule has 2 aliphatic carbocycles. The Morgan fingerprint density at radius 2 is 1.62 bits per heavy atom. The second-order valence-corrected chi connectivity index (χ2v) is 10.9. The van der Waals surface area contributed by atoms with E-state index in [4.69, 9.17) is 4.74 Å². The molecular weight excluding hydrogens is 395 g/mol. The average Bonchev–Trinajstić information content (AvgIpc) is 2.85. The van der Waals surface area contributed by atoms with Gasteiger partial charge in [-0.3, -0.25) is 0 Å². The van der Waals surface area contributed by atoms with Gasteiger partial charge in [0.1, 0.15) is 5.82 Å². The molecule has 0 saturated heterocycles. The molecule has 0 aromatic heterocycles. The summed E-state index contributed by atoms with van der Waals surface area (Å²) in [7, 11) is 0. The molecule has 2 heteroatoms. The Kier molecular flexibility index (Phi) is 8.72. The van der Waals surface area contributed by atoms with Crippen LogP contribution in [-0.4, -0.2) is 6.61 Å². The van der Waals surface area contributed by atoms with Gasteiger partial charge in [0.05, 0.1) is 12.4 Å². The van der Waals surface area contributed by atoms with E-state index in [1.807, 2.05) is 6.07 Å². The lowest BCUT2D eigenvalue weighted by Gasteiger charge is -2.35. The zero-order valence-corrected chi connectivity index (χ0v) is 20.6. The molecule has 0 amide bonds. The third kappa shape index (κ3) is 5.97. The molecule has 3 aliphatic rings. The fourth-order valence-electron chi connectivity index (χ4n) is 6.70. The number of hydrogen-bond donors (Lipinski definition) is 0. The fraction of sp³-hybridized carbons (Fsp3) is 0.733. The van der Waals surface area contributed by atoms with E-state index in [1.165, 1.54) is 82.0 Å². The van der Waals surface area contributed by atoms with E-state index in [1.54, 1.807) is 0 Å². The predicted molar refractivity (Wildman–Crippen MR) is 132 cm³/mol. The summed E-state index contributed by atoms with van der Waals surface area (Å²) in [6, 6.07) is 6.30. The molecule has 0 bridgehead atoms. The van der Waals surface area contributed by atoms with Crippen LogP contribution in [0.1, 0.15) is 127 Å². The highest BCUT2D eigenvalue weighted by Crippen LogP contribution is 2.43. The molecule has 1 aromatic rings. The largest absolute Gasteiger partial charge is 0.498 e. The minimum atomic E-state index is 0.0625. The Morgan fingerprint density at radius 1 is 0.875 bits per heavy atom. The van der Waals surface area contributed by atoms with Crippen LogP contribution in [0.15, 0.2) is 30.0 Å². The van der Waals surface area contributed by atoms with Crippen LogP contribution in [-0.2, 0) is 4.74 Å². The number of hydrogen-bond acceptors (Lipinski definition) is 1. The average molecular weight is 441 g/mol. The molecule has 2 fully saturated rings. The molecule has 1 aliphatic heterocycles. The molecule has 1 heterocycles. The fourth-order valence-corrected chi connectivity index (χ4v) is 6.70. The zero-order valence-electron chi connectivity index (χ0n) is 20.6. The normalized spacial score (nSPS) is 31.1. The van der Waals surface area contributed by atoms with Crippen LogP contribution in [0.2, 0.25) is 0 Å². The van der Waals surface area contributed by atoms with Crippen molar-refractivity contribution in [1.82, 2.24) is 0 Å². The van der Waals surface area contributed by atoms with Crippen molar-refractivity contribution in [2.75, 3.05) is 6.61 Å². The van der Waals surface area contributed by atoms with Crippen molar-refractivity contribution in [3.05, 3.63) is 47.0 Å². The zero-order chi connectivity index (χ0) is 22.3. The van der Waals surface area contributed by atoms with Crippen molar-refractivity contribution < 1.29 is 9.13 Å². The van der Waals surface area contributed by atoms with E-state index in [0.717, 1.165) is 43.3 Å². The molecule has 0 spiro atoms. The molecule has 1 atom stereocenters. The van der Waals surface area contributed by atoms with E-state index in [2.05, 4.69) is 32.1 Å². The van der Waals surface area contributed by atoms with Gasteiger partial charge in [-0.1, -0.05) is 51.7 Å². The Bertz CT molecular complexity index is 737. The molecular formula is C30H45FO. The molecule has 0 radical (unpaired) electrons. The van der Waals surface area contributed by atoms with Crippen molar-refractivity contribution in [3.63, 3.8) is 0 Å². The van der Waals surface area contributed by atoms with Gasteiger partial charge < -0.3 is 4.74 Å². The van der Waals surface area contributed by atoms with E-state index in [0.29, 0.717) is 17.8 Å². The first-order valence-electron chi connectivity index (χ1n) is 13.8. The molecule has 1 unspecified atom stereocenters. The van der Waals surface area contributed by atoms with Crippen molar-refractivity contribution in [2.24, 2.45) is 17.8 Å². The lowest BCUT2D eigenvalue weighted by Crippen LogP contribution is -2.26. The monoisotopic (exact) mass is 440 g/mol. The summed E-state index contributed by atoms with van der Waals surface area (Å²) >= 11 is 0. The van der Waals surface area contributed by atoms with Crippen LogP contribution >= 0.6 is 0 Å².